The van der Waals surface area contributed by atoms with Crippen molar-refractivity contribution in [2.45, 2.75) is 6.61 Å². The minimum absolute atomic E-state index is 0.451. The third-order valence-corrected chi connectivity index (χ3v) is 4.50. The van der Waals surface area contributed by atoms with Crippen molar-refractivity contribution in [1.82, 2.24) is 4.98 Å². The van der Waals surface area contributed by atoms with Crippen molar-refractivity contribution in [1.29, 1.82) is 0 Å². The summed E-state index contributed by atoms with van der Waals surface area (Å²) in [4.78, 5) is 4.57. The van der Waals surface area contributed by atoms with E-state index < -0.39 is 0 Å². The monoisotopic (exact) mass is 386 g/mol. The van der Waals surface area contributed by atoms with Gasteiger partial charge < -0.3 is 10.1 Å². The fourth-order valence-corrected chi connectivity index (χ4v) is 3.10. The van der Waals surface area contributed by atoms with Crippen LogP contribution in [0.1, 0.15) is 5.56 Å². The number of hydrogen-bond acceptors (Lipinski definition) is 3. The van der Waals surface area contributed by atoms with Crippen LogP contribution in [0.3, 0.4) is 0 Å². The van der Waals surface area contributed by atoms with Crippen LogP contribution < -0.4 is 10.1 Å². The van der Waals surface area contributed by atoms with E-state index in [4.69, 9.17) is 16.3 Å². The second-order valence-corrected chi connectivity index (χ2v) is 6.79. The predicted octanol–water partition coefficient (Wildman–Crippen LogP) is 6.72. The highest BCUT2D eigenvalue weighted by Gasteiger charge is 2.11. The molecule has 0 saturated carbocycles. The summed E-state index contributed by atoms with van der Waals surface area (Å²) in [5.41, 5.74) is 4.82. The van der Waals surface area contributed by atoms with Gasteiger partial charge in [0.25, 0.3) is 0 Å². The zero-order valence-electron chi connectivity index (χ0n) is 15.2. The number of hydrogen-bond donors (Lipinski definition) is 1. The van der Waals surface area contributed by atoms with Gasteiger partial charge in [-0.05, 0) is 41.5 Å². The predicted molar refractivity (Wildman–Crippen MR) is 115 cm³/mol. The second kappa shape index (κ2) is 8.59. The lowest BCUT2D eigenvalue weighted by atomic mass is 10.1. The average Bonchev–Trinajstić information content (AvgIpc) is 2.74. The maximum absolute atomic E-state index is 6.21. The number of para-hydroxylation sites is 1. The van der Waals surface area contributed by atoms with Gasteiger partial charge in [-0.2, -0.15) is 0 Å². The lowest BCUT2D eigenvalue weighted by Crippen LogP contribution is -2.00. The lowest BCUT2D eigenvalue weighted by molar-refractivity contribution is 0.295. The summed E-state index contributed by atoms with van der Waals surface area (Å²) < 4.78 is 6.04. The minimum atomic E-state index is 0.451. The Morgan fingerprint density at radius 1 is 0.786 bits per heavy atom. The second-order valence-electron chi connectivity index (χ2n) is 6.35. The van der Waals surface area contributed by atoms with Crippen molar-refractivity contribution in [2.75, 3.05) is 5.32 Å². The molecule has 0 bridgehead atoms. The molecule has 0 aliphatic rings. The molecular formula is C24H19ClN2O. The summed E-state index contributed by atoms with van der Waals surface area (Å²) in [5, 5.41) is 4.05. The summed E-state index contributed by atoms with van der Waals surface area (Å²) in [6.45, 7) is 0.451. The largest absolute Gasteiger partial charge is 0.472 e. The molecule has 0 atom stereocenters. The Bertz CT molecular complexity index is 1050. The molecule has 1 aromatic heterocycles. The molecule has 0 fully saturated rings. The van der Waals surface area contributed by atoms with Crippen LogP contribution in [-0.4, -0.2) is 4.98 Å². The number of pyridine rings is 1. The number of benzene rings is 3. The van der Waals surface area contributed by atoms with Gasteiger partial charge in [-0.3, -0.25) is 0 Å². The number of halogens is 1. The lowest BCUT2D eigenvalue weighted by Gasteiger charge is -2.14. The summed E-state index contributed by atoms with van der Waals surface area (Å²) in [6.07, 6.45) is 1.78. The molecule has 0 spiro atoms. The van der Waals surface area contributed by atoms with Crippen molar-refractivity contribution < 1.29 is 4.74 Å². The van der Waals surface area contributed by atoms with Crippen LogP contribution in [0.2, 0.25) is 5.02 Å². The normalized spacial score (nSPS) is 10.5. The molecule has 0 amide bonds. The highest BCUT2D eigenvalue weighted by molar-refractivity contribution is 6.30. The number of aromatic nitrogens is 1. The number of nitrogens with zero attached hydrogens (tertiary/aromatic N) is 1. The molecule has 4 aromatic rings. The van der Waals surface area contributed by atoms with Crippen molar-refractivity contribution in [2.24, 2.45) is 0 Å². The van der Waals surface area contributed by atoms with E-state index in [-0.39, 0.29) is 0 Å². The van der Waals surface area contributed by atoms with Crippen LogP contribution in [0.5, 0.6) is 5.88 Å². The molecule has 1 heterocycles. The number of ether oxygens (including phenoxy) is 1. The Balaban J connectivity index is 1.66. The topological polar surface area (TPSA) is 34.2 Å². The summed E-state index contributed by atoms with van der Waals surface area (Å²) in [7, 11) is 0. The Kier molecular flexibility index (Phi) is 5.55. The van der Waals surface area contributed by atoms with Crippen LogP contribution in [0.4, 0.5) is 11.4 Å². The molecule has 0 unspecified atom stereocenters. The van der Waals surface area contributed by atoms with E-state index in [1.54, 1.807) is 6.20 Å². The van der Waals surface area contributed by atoms with Crippen LogP contribution in [0.15, 0.2) is 97.2 Å². The van der Waals surface area contributed by atoms with Gasteiger partial charge >= 0.3 is 0 Å². The van der Waals surface area contributed by atoms with Crippen molar-refractivity contribution in [3.8, 4) is 17.0 Å². The van der Waals surface area contributed by atoms with Gasteiger partial charge in [-0.1, -0.05) is 72.3 Å². The average molecular weight is 387 g/mol. The zero-order valence-corrected chi connectivity index (χ0v) is 15.9. The summed E-state index contributed by atoms with van der Waals surface area (Å²) >= 11 is 6.21. The van der Waals surface area contributed by atoms with Gasteiger partial charge in [0.05, 0.1) is 11.9 Å². The molecule has 138 valence electrons. The summed E-state index contributed by atoms with van der Waals surface area (Å²) in [5.74, 6) is 0.574. The molecule has 3 aromatic carbocycles. The molecule has 0 saturated heterocycles. The summed E-state index contributed by atoms with van der Waals surface area (Å²) in [6, 6.07) is 29.8. The van der Waals surface area contributed by atoms with E-state index >= 15 is 0 Å². The van der Waals surface area contributed by atoms with Crippen LogP contribution in [-0.2, 0) is 6.61 Å². The van der Waals surface area contributed by atoms with E-state index in [0.717, 1.165) is 28.1 Å². The number of rotatable bonds is 6. The molecule has 3 nitrogen and oxygen atoms in total. The number of nitrogens with one attached hydrogen (secondary N) is 1. The van der Waals surface area contributed by atoms with E-state index in [9.17, 15) is 0 Å². The van der Waals surface area contributed by atoms with E-state index in [1.807, 2.05) is 91.0 Å². The Labute approximate surface area is 169 Å². The van der Waals surface area contributed by atoms with Gasteiger partial charge in [-0.15, -0.1) is 0 Å². The first-order valence-corrected chi connectivity index (χ1v) is 9.40. The maximum Gasteiger partial charge on any atom is 0.221 e. The van der Waals surface area contributed by atoms with Gasteiger partial charge in [0.1, 0.15) is 6.61 Å². The first-order valence-electron chi connectivity index (χ1n) is 9.03. The third-order valence-electron chi connectivity index (χ3n) is 4.27. The molecule has 28 heavy (non-hydrogen) atoms. The van der Waals surface area contributed by atoms with Crippen molar-refractivity contribution in [3.63, 3.8) is 0 Å². The molecule has 4 heteroatoms. The standard InChI is InChI=1S/C24H19ClN2O/c25-20-11-7-10-19(14-20)23-15-22(27-21-12-5-2-6-13-21)16-26-24(23)28-17-18-8-3-1-4-9-18/h1-16,27H,17H2. The minimum Gasteiger partial charge on any atom is -0.472 e. The van der Waals surface area contributed by atoms with E-state index in [2.05, 4.69) is 10.3 Å². The smallest absolute Gasteiger partial charge is 0.221 e. The fraction of sp³-hybridized carbons (Fsp3) is 0.0417. The highest BCUT2D eigenvalue weighted by atomic mass is 35.5. The van der Waals surface area contributed by atoms with Gasteiger partial charge in [0.2, 0.25) is 5.88 Å². The Hall–Kier alpha value is -3.30. The van der Waals surface area contributed by atoms with Gasteiger partial charge in [-0.25, -0.2) is 4.98 Å². The first kappa shape index (κ1) is 18.1. The first-order chi connectivity index (χ1) is 13.8. The highest BCUT2D eigenvalue weighted by Crippen LogP contribution is 2.33. The fourth-order valence-electron chi connectivity index (χ4n) is 2.91. The molecule has 0 aliphatic carbocycles. The van der Waals surface area contributed by atoms with Gasteiger partial charge in [0.15, 0.2) is 0 Å². The molecule has 4 rings (SSSR count). The number of anilines is 2. The molecular weight excluding hydrogens is 368 g/mol. The SMILES string of the molecule is Clc1cccc(-c2cc(Nc3ccccc3)cnc2OCc2ccccc2)c1. The maximum atomic E-state index is 6.21. The van der Waals surface area contributed by atoms with Crippen molar-refractivity contribution >= 4 is 23.0 Å². The molecule has 0 radical (unpaired) electrons. The van der Waals surface area contributed by atoms with E-state index in [0.29, 0.717) is 17.5 Å². The molecule has 1 N–H and O–H groups in total. The third kappa shape index (κ3) is 4.51. The Morgan fingerprint density at radius 3 is 2.29 bits per heavy atom. The van der Waals surface area contributed by atoms with Crippen LogP contribution >= 0.6 is 11.6 Å². The van der Waals surface area contributed by atoms with Crippen molar-refractivity contribution in [3.05, 3.63) is 108 Å². The van der Waals surface area contributed by atoms with E-state index in [1.165, 1.54) is 0 Å². The quantitative estimate of drug-likeness (QED) is 0.399. The Morgan fingerprint density at radius 2 is 1.54 bits per heavy atom. The molecule has 0 aliphatic heterocycles. The van der Waals surface area contributed by atoms with Gasteiger partial charge in [0, 0.05) is 16.3 Å². The zero-order chi connectivity index (χ0) is 19.2. The van der Waals surface area contributed by atoms with Crippen LogP contribution in [0.25, 0.3) is 11.1 Å². The van der Waals surface area contributed by atoms with Crippen LogP contribution in [0, 0.1) is 0 Å².